The van der Waals surface area contributed by atoms with E-state index >= 15 is 0 Å². The van der Waals surface area contributed by atoms with Crippen LogP contribution in [0.2, 0.25) is 0 Å². The molecule has 0 aliphatic heterocycles. The van der Waals surface area contributed by atoms with Gasteiger partial charge in [-0.3, -0.25) is 4.79 Å². The molecule has 2 unspecified atom stereocenters. The Labute approximate surface area is 99.5 Å². The number of ketones is 1. The molecule has 0 aromatic carbocycles. The van der Waals surface area contributed by atoms with E-state index in [-0.39, 0.29) is 5.78 Å². The van der Waals surface area contributed by atoms with E-state index in [1.165, 1.54) is 25.7 Å². The largest absolute Gasteiger partial charge is 0.388 e. The molecule has 1 rings (SSSR count). The molecule has 1 N–H and O–H groups in total. The fourth-order valence-electron chi connectivity index (χ4n) is 2.45. The Balaban J connectivity index is 2.28. The van der Waals surface area contributed by atoms with Crippen LogP contribution in [-0.2, 0) is 4.79 Å². The molecule has 0 radical (unpaired) electrons. The number of allylic oxidation sites excluding steroid dienone is 2. The highest BCUT2D eigenvalue weighted by atomic mass is 16.1. The summed E-state index contributed by atoms with van der Waals surface area (Å²) in [4.78, 5) is 11.2. The van der Waals surface area contributed by atoms with Crippen molar-refractivity contribution in [2.24, 2.45) is 11.8 Å². The maximum absolute atomic E-state index is 11.2. The lowest BCUT2D eigenvalue weighted by molar-refractivity contribution is -0.114. The second kappa shape index (κ2) is 6.72. The average Bonchev–Trinajstić information content (AvgIpc) is 2.26. The van der Waals surface area contributed by atoms with Gasteiger partial charge in [0.25, 0.3) is 0 Å². The number of rotatable bonds is 5. The van der Waals surface area contributed by atoms with Crippen molar-refractivity contribution in [3.05, 3.63) is 11.8 Å². The minimum absolute atomic E-state index is 0.210. The topological polar surface area (TPSA) is 29.1 Å². The van der Waals surface area contributed by atoms with E-state index in [2.05, 4.69) is 12.2 Å². The highest BCUT2D eigenvalue weighted by molar-refractivity contribution is 5.89. The standard InChI is InChI=1S/C14H25NO/c1-4-14(16)9-12(3)15-10-13-7-5-6-11(2)8-13/h9,11,13,15H,4-8,10H2,1-3H3/b12-9-. The van der Waals surface area contributed by atoms with Crippen molar-refractivity contribution >= 4 is 5.78 Å². The van der Waals surface area contributed by atoms with Crippen molar-refractivity contribution in [2.75, 3.05) is 6.54 Å². The molecule has 0 aromatic heterocycles. The monoisotopic (exact) mass is 223 g/mol. The number of hydrogen-bond donors (Lipinski definition) is 1. The zero-order valence-corrected chi connectivity index (χ0v) is 10.9. The van der Waals surface area contributed by atoms with Crippen LogP contribution < -0.4 is 5.32 Å². The van der Waals surface area contributed by atoms with Gasteiger partial charge in [-0.1, -0.05) is 26.7 Å². The Morgan fingerprint density at radius 1 is 1.44 bits per heavy atom. The second-order valence-corrected chi connectivity index (χ2v) is 5.17. The van der Waals surface area contributed by atoms with Crippen LogP contribution in [0.1, 0.15) is 52.9 Å². The van der Waals surface area contributed by atoms with Crippen LogP contribution in [0.3, 0.4) is 0 Å². The predicted molar refractivity (Wildman–Crippen MR) is 68.2 cm³/mol. The van der Waals surface area contributed by atoms with Crippen molar-refractivity contribution in [3.63, 3.8) is 0 Å². The SMILES string of the molecule is CCC(=O)/C=C(/C)NCC1CCCC(C)C1. The molecule has 0 amide bonds. The third-order valence-corrected chi connectivity index (χ3v) is 3.44. The molecule has 0 saturated heterocycles. The Hall–Kier alpha value is -0.790. The van der Waals surface area contributed by atoms with Gasteiger partial charge in [-0.15, -0.1) is 0 Å². The van der Waals surface area contributed by atoms with Crippen LogP contribution in [-0.4, -0.2) is 12.3 Å². The number of nitrogens with one attached hydrogen (secondary N) is 1. The van der Waals surface area contributed by atoms with Crippen molar-refractivity contribution in [1.29, 1.82) is 0 Å². The van der Waals surface area contributed by atoms with Gasteiger partial charge in [-0.05, 0) is 37.7 Å². The molecule has 1 aliphatic rings. The average molecular weight is 223 g/mol. The lowest BCUT2D eigenvalue weighted by Gasteiger charge is -2.27. The molecule has 2 atom stereocenters. The highest BCUT2D eigenvalue weighted by Gasteiger charge is 2.18. The number of hydrogen-bond acceptors (Lipinski definition) is 2. The minimum atomic E-state index is 0.210. The van der Waals surface area contributed by atoms with E-state index in [4.69, 9.17) is 0 Å². The van der Waals surface area contributed by atoms with Crippen LogP contribution >= 0.6 is 0 Å². The van der Waals surface area contributed by atoms with E-state index in [0.717, 1.165) is 24.1 Å². The highest BCUT2D eigenvalue weighted by Crippen LogP contribution is 2.27. The Kier molecular flexibility index (Phi) is 5.58. The van der Waals surface area contributed by atoms with Crippen LogP contribution in [0.4, 0.5) is 0 Å². The van der Waals surface area contributed by atoms with Crippen LogP contribution in [0.15, 0.2) is 11.8 Å². The Morgan fingerprint density at radius 2 is 2.19 bits per heavy atom. The van der Waals surface area contributed by atoms with Crippen LogP contribution in [0, 0.1) is 11.8 Å². The molecule has 2 nitrogen and oxygen atoms in total. The first-order chi connectivity index (χ1) is 7.61. The molecular formula is C14H25NO. The maximum atomic E-state index is 11.2. The normalized spacial score (nSPS) is 26.6. The Bertz CT molecular complexity index is 257. The van der Waals surface area contributed by atoms with Gasteiger partial charge in [0.1, 0.15) is 0 Å². The smallest absolute Gasteiger partial charge is 0.157 e. The van der Waals surface area contributed by atoms with Gasteiger partial charge in [-0.2, -0.15) is 0 Å². The zero-order valence-electron chi connectivity index (χ0n) is 10.9. The molecule has 0 bridgehead atoms. The fourth-order valence-corrected chi connectivity index (χ4v) is 2.45. The first-order valence-electron chi connectivity index (χ1n) is 6.56. The molecule has 2 heteroatoms. The number of carbonyl (C=O) groups excluding carboxylic acids is 1. The third kappa shape index (κ3) is 4.82. The van der Waals surface area contributed by atoms with Gasteiger partial charge in [0.2, 0.25) is 0 Å². The van der Waals surface area contributed by atoms with Gasteiger partial charge in [0.05, 0.1) is 0 Å². The van der Waals surface area contributed by atoms with E-state index in [0.29, 0.717) is 6.42 Å². The van der Waals surface area contributed by atoms with Crippen LogP contribution in [0.25, 0.3) is 0 Å². The van der Waals surface area contributed by atoms with E-state index in [1.54, 1.807) is 6.08 Å². The van der Waals surface area contributed by atoms with Gasteiger partial charge in [-0.25, -0.2) is 0 Å². The maximum Gasteiger partial charge on any atom is 0.157 e. The molecule has 0 heterocycles. The van der Waals surface area contributed by atoms with Gasteiger partial charge in [0.15, 0.2) is 5.78 Å². The summed E-state index contributed by atoms with van der Waals surface area (Å²) in [6, 6.07) is 0. The van der Waals surface area contributed by atoms with Crippen LogP contribution in [0.5, 0.6) is 0 Å². The molecule has 1 fully saturated rings. The lowest BCUT2D eigenvalue weighted by Crippen LogP contribution is -2.25. The summed E-state index contributed by atoms with van der Waals surface area (Å²) < 4.78 is 0. The van der Waals surface area contributed by atoms with E-state index < -0.39 is 0 Å². The van der Waals surface area contributed by atoms with E-state index in [9.17, 15) is 4.79 Å². The van der Waals surface area contributed by atoms with Gasteiger partial charge in [0, 0.05) is 18.7 Å². The van der Waals surface area contributed by atoms with Crippen molar-refractivity contribution < 1.29 is 4.79 Å². The molecule has 16 heavy (non-hydrogen) atoms. The first-order valence-corrected chi connectivity index (χ1v) is 6.56. The summed E-state index contributed by atoms with van der Waals surface area (Å²) in [5.74, 6) is 1.88. The summed E-state index contributed by atoms with van der Waals surface area (Å²) in [6.07, 6.45) is 7.75. The van der Waals surface area contributed by atoms with Crippen molar-refractivity contribution in [2.45, 2.75) is 52.9 Å². The Morgan fingerprint density at radius 3 is 2.81 bits per heavy atom. The van der Waals surface area contributed by atoms with Gasteiger partial charge >= 0.3 is 0 Å². The molecule has 0 spiro atoms. The number of carbonyl (C=O) groups is 1. The van der Waals surface area contributed by atoms with E-state index in [1.807, 2.05) is 13.8 Å². The molecule has 1 saturated carbocycles. The van der Waals surface area contributed by atoms with Gasteiger partial charge < -0.3 is 5.32 Å². The summed E-state index contributed by atoms with van der Waals surface area (Å²) in [6.45, 7) is 7.26. The summed E-state index contributed by atoms with van der Waals surface area (Å²) in [7, 11) is 0. The molecule has 1 aliphatic carbocycles. The predicted octanol–water partition coefficient (Wildman–Crippen LogP) is 3.29. The van der Waals surface area contributed by atoms with Crippen molar-refractivity contribution in [1.82, 2.24) is 5.32 Å². The summed E-state index contributed by atoms with van der Waals surface area (Å²) in [5.41, 5.74) is 1.02. The summed E-state index contributed by atoms with van der Waals surface area (Å²) >= 11 is 0. The lowest BCUT2D eigenvalue weighted by atomic mass is 9.82. The zero-order chi connectivity index (χ0) is 12.0. The second-order valence-electron chi connectivity index (χ2n) is 5.17. The quantitative estimate of drug-likeness (QED) is 0.725. The molecule has 0 aromatic rings. The summed E-state index contributed by atoms with van der Waals surface area (Å²) in [5, 5.41) is 3.38. The fraction of sp³-hybridized carbons (Fsp3) is 0.786. The third-order valence-electron chi connectivity index (χ3n) is 3.44. The molecular weight excluding hydrogens is 198 g/mol. The minimum Gasteiger partial charge on any atom is -0.388 e. The van der Waals surface area contributed by atoms with Crippen molar-refractivity contribution in [3.8, 4) is 0 Å². The first kappa shape index (κ1) is 13.3. The molecule has 92 valence electrons.